The molecule has 0 saturated carbocycles. The van der Waals surface area contributed by atoms with Crippen LogP contribution in [0.2, 0.25) is 8.67 Å². The number of aromatic amines is 1. The highest BCUT2D eigenvalue weighted by atomic mass is 35.5. The summed E-state index contributed by atoms with van der Waals surface area (Å²) >= 11 is 13.6. The number of hydrogen-bond donors (Lipinski definition) is 2. The second kappa shape index (κ2) is 5.13. The number of nitrogens with zero attached hydrogens (tertiary/aromatic N) is 1. The van der Waals surface area contributed by atoms with Crippen LogP contribution in [0, 0.1) is 6.92 Å². The Labute approximate surface area is 130 Å². The van der Waals surface area contributed by atoms with Gasteiger partial charge in [0.2, 0.25) is 0 Å². The maximum Gasteiger partial charge on any atom is 0.153 e. The van der Waals surface area contributed by atoms with E-state index < -0.39 is 0 Å². The first-order chi connectivity index (χ1) is 9.56. The molecule has 6 heteroatoms. The second-order valence-electron chi connectivity index (χ2n) is 4.46. The predicted octanol–water partition coefficient (Wildman–Crippen LogP) is 5.00. The average Bonchev–Trinajstić information content (AvgIpc) is 2.93. The Morgan fingerprint density at radius 3 is 2.50 bits per heavy atom. The maximum atomic E-state index is 6.22. The van der Waals surface area contributed by atoms with Crippen molar-refractivity contribution in [3.05, 3.63) is 44.6 Å². The van der Waals surface area contributed by atoms with Crippen molar-refractivity contribution >= 4 is 40.4 Å². The van der Waals surface area contributed by atoms with Crippen LogP contribution in [-0.4, -0.2) is 10.2 Å². The van der Waals surface area contributed by atoms with E-state index in [1.54, 1.807) is 0 Å². The van der Waals surface area contributed by atoms with Crippen molar-refractivity contribution in [1.29, 1.82) is 0 Å². The van der Waals surface area contributed by atoms with Gasteiger partial charge in [-0.25, -0.2) is 0 Å². The van der Waals surface area contributed by atoms with Gasteiger partial charge in [-0.3, -0.25) is 5.10 Å². The zero-order chi connectivity index (χ0) is 14.3. The molecule has 3 rings (SSSR count). The first kappa shape index (κ1) is 13.5. The van der Waals surface area contributed by atoms with Crippen LogP contribution in [0.25, 0.3) is 22.4 Å². The third kappa shape index (κ3) is 2.30. The number of nitrogens with one attached hydrogen (secondary N) is 1. The Hall–Kier alpha value is -1.49. The van der Waals surface area contributed by atoms with E-state index in [1.807, 2.05) is 37.3 Å². The highest BCUT2D eigenvalue weighted by Crippen LogP contribution is 2.42. The molecule has 0 fully saturated rings. The molecule has 0 bridgehead atoms. The number of nitrogen functional groups attached to an aromatic ring is 1. The number of aryl methyl sites for hydroxylation is 1. The Bertz CT molecular complexity index is 759. The molecule has 102 valence electrons. The number of rotatable bonds is 2. The summed E-state index contributed by atoms with van der Waals surface area (Å²) in [4.78, 5) is 0. The summed E-state index contributed by atoms with van der Waals surface area (Å²) in [6.07, 6.45) is 0. The van der Waals surface area contributed by atoms with Gasteiger partial charge in [0.1, 0.15) is 4.34 Å². The number of nitrogens with two attached hydrogens (primary N) is 1. The van der Waals surface area contributed by atoms with Crippen molar-refractivity contribution in [2.75, 3.05) is 5.73 Å². The molecule has 0 aliphatic heterocycles. The van der Waals surface area contributed by atoms with Gasteiger partial charge in [0.25, 0.3) is 0 Å². The van der Waals surface area contributed by atoms with E-state index in [0.717, 1.165) is 22.4 Å². The molecule has 0 amide bonds. The molecule has 2 aromatic heterocycles. The van der Waals surface area contributed by atoms with Gasteiger partial charge in [-0.15, -0.1) is 11.3 Å². The molecule has 2 heterocycles. The van der Waals surface area contributed by atoms with E-state index in [-0.39, 0.29) is 0 Å². The topological polar surface area (TPSA) is 54.7 Å². The largest absolute Gasteiger partial charge is 0.382 e. The lowest BCUT2D eigenvalue weighted by atomic mass is 10.0. The third-order valence-corrected chi connectivity index (χ3v) is 4.55. The maximum absolute atomic E-state index is 6.22. The number of hydrogen-bond acceptors (Lipinski definition) is 3. The second-order valence-corrected chi connectivity index (χ2v) is 6.75. The average molecular weight is 324 g/mol. The normalized spacial score (nSPS) is 10.9. The molecule has 3 nitrogen and oxygen atoms in total. The lowest BCUT2D eigenvalue weighted by molar-refractivity contribution is 1.10. The predicted molar refractivity (Wildman–Crippen MR) is 86.5 cm³/mol. The number of halogens is 2. The summed E-state index contributed by atoms with van der Waals surface area (Å²) in [6.45, 7) is 2.04. The van der Waals surface area contributed by atoms with Crippen molar-refractivity contribution in [2.45, 2.75) is 6.92 Å². The number of thiophene rings is 1. The molecule has 1 aromatic carbocycles. The minimum absolute atomic E-state index is 0.447. The first-order valence-corrected chi connectivity index (χ1v) is 7.49. The van der Waals surface area contributed by atoms with Gasteiger partial charge in [-0.1, -0.05) is 53.0 Å². The summed E-state index contributed by atoms with van der Waals surface area (Å²) in [7, 11) is 0. The van der Waals surface area contributed by atoms with Crippen molar-refractivity contribution in [3.8, 4) is 22.4 Å². The quantitative estimate of drug-likeness (QED) is 0.697. The lowest BCUT2D eigenvalue weighted by Gasteiger charge is -2.04. The fraction of sp³-hybridized carbons (Fsp3) is 0.0714. The van der Waals surface area contributed by atoms with Gasteiger partial charge < -0.3 is 5.73 Å². The number of benzene rings is 1. The van der Waals surface area contributed by atoms with E-state index in [2.05, 4.69) is 10.2 Å². The summed E-state index contributed by atoms with van der Waals surface area (Å²) in [6, 6.07) is 9.92. The monoisotopic (exact) mass is 323 g/mol. The Balaban J connectivity index is 2.19. The van der Waals surface area contributed by atoms with Gasteiger partial charge in [0.05, 0.1) is 15.6 Å². The van der Waals surface area contributed by atoms with E-state index in [9.17, 15) is 0 Å². The van der Waals surface area contributed by atoms with E-state index in [0.29, 0.717) is 14.5 Å². The molecule has 0 radical (unpaired) electrons. The Morgan fingerprint density at radius 1 is 1.20 bits per heavy atom. The molecule has 0 aliphatic carbocycles. The smallest absolute Gasteiger partial charge is 0.153 e. The highest BCUT2D eigenvalue weighted by Gasteiger charge is 2.18. The minimum atomic E-state index is 0.447. The molecular weight excluding hydrogens is 313 g/mol. The lowest BCUT2D eigenvalue weighted by Crippen LogP contribution is -1.88. The zero-order valence-electron chi connectivity index (χ0n) is 10.6. The summed E-state index contributed by atoms with van der Waals surface area (Å²) in [5.74, 6) is 0.447. The fourth-order valence-corrected chi connectivity index (χ4v) is 3.55. The molecule has 0 atom stereocenters. The van der Waals surface area contributed by atoms with Crippen LogP contribution >= 0.6 is 34.5 Å². The van der Waals surface area contributed by atoms with Crippen LogP contribution in [-0.2, 0) is 0 Å². The Morgan fingerprint density at radius 2 is 1.90 bits per heavy atom. The Kier molecular flexibility index (Phi) is 3.46. The molecule has 3 N–H and O–H groups in total. The van der Waals surface area contributed by atoms with Crippen molar-refractivity contribution in [1.82, 2.24) is 10.2 Å². The van der Waals surface area contributed by atoms with E-state index in [1.165, 1.54) is 16.9 Å². The molecule has 0 unspecified atom stereocenters. The van der Waals surface area contributed by atoms with Crippen LogP contribution in [0.5, 0.6) is 0 Å². The molecular formula is C14H11Cl2N3S. The summed E-state index contributed by atoms with van der Waals surface area (Å²) in [5, 5.41) is 7.04. The van der Waals surface area contributed by atoms with Gasteiger partial charge in [0.15, 0.2) is 5.82 Å². The number of anilines is 1. The van der Waals surface area contributed by atoms with Gasteiger partial charge in [0, 0.05) is 5.56 Å². The van der Waals surface area contributed by atoms with Crippen LogP contribution < -0.4 is 5.73 Å². The van der Waals surface area contributed by atoms with Gasteiger partial charge in [-0.05, 0) is 18.6 Å². The van der Waals surface area contributed by atoms with Gasteiger partial charge in [-0.2, -0.15) is 5.10 Å². The minimum Gasteiger partial charge on any atom is -0.382 e. The van der Waals surface area contributed by atoms with E-state index >= 15 is 0 Å². The number of aromatic nitrogens is 2. The SMILES string of the molecule is Cc1ccc(-c2c(N)n[nH]c2-c2cc(Cl)sc2Cl)cc1. The fourth-order valence-electron chi connectivity index (χ4n) is 2.07. The van der Waals surface area contributed by atoms with Crippen LogP contribution in [0.1, 0.15) is 5.56 Å². The summed E-state index contributed by atoms with van der Waals surface area (Å²) in [5.41, 5.74) is 10.6. The first-order valence-electron chi connectivity index (χ1n) is 5.92. The molecule has 0 spiro atoms. The number of H-pyrrole nitrogens is 1. The summed E-state index contributed by atoms with van der Waals surface area (Å²) < 4.78 is 1.25. The van der Waals surface area contributed by atoms with Gasteiger partial charge >= 0.3 is 0 Å². The van der Waals surface area contributed by atoms with Crippen LogP contribution in [0.3, 0.4) is 0 Å². The molecule has 0 saturated heterocycles. The van der Waals surface area contributed by atoms with E-state index in [4.69, 9.17) is 28.9 Å². The third-order valence-electron chi connectivity index (χ3n) is 3.06. The molecule has 0 aliphatic rings. The van der Waals surface area contributed by atoms with Crippen molar-refractivity contribution in [2.24, 2.45) is 0 Å². The standard InChI is InChI=1S/C14H11Cl2N3S/c1-7-2-4-8(5-3-7)11-12(18-19-14(11)17)9-6-10(15)20-13(9)16/h2-6H,1H3,(H3,17,18,19). The molecule has 3 aromatic rings. The van der Waals surface area contributed by atoms with Crippen LogP contribution in [0.4, 0.5) is 5.82 Å². The van der Waals surface area contributed by atoms with Crippen molar-refractivity contribution in [3.63, 3.8) is 0 Å². The highest BCUT2D eigenvalue weighted by molar-refractivity contribution is 7.20. The molecule has 20 heavy (non-hydrogen) atoms. The van der Waals surface area contributed by atoms with Crippen molar-refractivity contribution < 1.29 is 0 Å². The zero-order valence-corrected chi connectivity index (χ0v) is 12.9. The van der Waals surface area contributed by atoms with Crippen LogP contribution in [0.15, 0.2) is 30.3 Å².